The lowest BCUT2D eigenvalue weighted by Gasteiger charge is -2.12. The topological polar surface area (TPSA) is 35.5 Å². The van der Waals surface area contributed by atoms with Crippen molar-refractivity contribution < 1.29 is 18.7 Å². The van der Waals surface area contributed by atoms with E-state index >= 15 is 0 Å². The second-order valence-electron chi connectivity index (χ2n) is 4.66. The molecular weight excluding hydrogens is 271 g/mol. The van der Waals surface area contributed by atoms with E-state index in [0.717, 1.165) is 11.3 Å². The highest BCUT2D eigenvalue weighted by Crippen LogP contribution is 2.20. The monoisotopic (exact) mass is 288 g/mol. The van der Waals surface area contributed by atoms with E-state index in [1.54, 1.807) is 0 Å². The molecule has 0 aliphatic carbocycles. The molecule has 2 rings (SSSR count). The molecule has 0 heterocycles. The van der Waals surface area contributed by atoms with E-state index in [1.165, 1.54) is 25.1 Å². The van der Waals surface area contributed by atoms with Crippen molar-refractivity contribution in [2.24, 2.45) is 0 Å². The van der Waals surface area contributed by atoms with E-state index in [2.05, 4.69) is 0 Å². The van der Waals surface area contributed by atoms with Crippen LogP contribution in [0.3, 0.4) is 0 Å². The normalized spacial score (nSPS) is 10.2. The molecule has 21 heavy (non-hydrogen) atoms. The van der Waals surface area contributed by atoms with Crippen molar-refractivity contribution in [3.05, 3.63) is 59.4 Å². The predicted molar refractivity (Wildman–Crippen MR) is 78.6 cm³/mol. The summed E-state index contributed by atoms with van der Waals surface area (Å²) in [6.45, 7) is 3.97. The maximum absolute atomic E-state index is 13.1. The summed E-state index contributed by atoms with van der Waals surface area (Å²) >= 11 is 0. The van der Waals surface area contributed by atoms with Gasteiger partial charge in [0.05, 0.1) is 5.56 Å². The summed E-state index contributed by atoms with van der Waals surface area (Å²) in [4.78, 5) is 11.4. The van der Waals surface area contributed by atoms with Gasteiger partial charge in [-0.05, 0) is 43.7 Å². The van der Waals surface area contributed by atoms with Crippen LogP contribution in [0.5, 0.6) is 11.5 Å². The lowest BCUT2D eigenvalue weighted by Crippen LogP contribution is -2.11. The summed E-state index contributed by atoms with van der Waals surface area (Å²) in [6.07, 6.45) is 0. The molecule has 0 atom stereocenters. The van der Waals surface area contributed by atoms with Gasteiger partial charge >= 0.3 is 0 Å². The predicted octanol–water partition coefficient (Wildman–Crippen LogP) is 3.79. The molecule has 3 nitrogen and oxygen atoms in total. The highest BCUT2D eigenvalue weighted by Gasteiger charge is 2.10. The number of rotatable bonds is 6. The maximum Gasteiger partial charge on any atom is 0.163 e. The number of hydrogen-bond acceptors (Lipinski definition) is 3. The molecule has 0 radical (unpaired) electrons. The van der Waals surface area contributed by atoms with Crippen LogP contribution in [0.15, 0.2) is 42.5 Å². The van der Waals surface area contributed by atoms with Crippen molar-refractivity contribution in [2.45, 2.75) is 13.8 Å². The molecule has 0 saturated carbocycles. The fourth-order valence-corrected chi connectivity index (χ4v) is 1.92. The van der Waals surface area contributed by atoms with E-state index in [1.807, 2.05) is 31.2 Å². The van der Waals surface area contributed by atoms with Gasteiger partial charge in [-0.2, -0.15) is 0 Å². The number of ether oxygens (including phenoxy) is 2. The smallest absolute Gasteiger partial charge is 0.163 e. The molecule has 0 amide bonds. The Morgan fingerprint density at radius 2 is 1.71 bits per heavy atom. The third-order valence-corrected chi connectivity index (χ3v) is 3.01. The zero-order valence-electron chi connectivity index (χ0n) is 12.1. The van der Waals surface area contributed by atoms with Gasteiger partial charge < -0.3 is 9.47 Å². The molecule has 2 aromatic rings. The van der Waals surface area contributed by atoms with Crippen molar-refractivity contribution in [3.63, 3.8) is 0 Å². The SMILES string of the molecule is CC(=O)c1cc(F)ccc1OCCOc1ccccc1C. The quantitative estimate of drug-likeness (QED) is 0.599. The standard InChI is InChI=1S/C17H17FO3/c1-12-5-3-4-6-16(12)20-9-10-21-17-8-7-14(18)11-15(17)13(2)19/h3-8,11H,9-10H2,1-2H3. The Bertz CT molecular complexity index is 638. The van der Waals surface area contributed by atoms with Gasteiger partial charge in [-0.25, -0.2) is 4.39 Å². The first-order valence-electron chi connectivity index (χ1n) is 6.69. The first-order valence-corrected chi connectivity index (χ1v) is 6.69. The first kappa shape index (κ1) is 15.0. The van der Waals surface area contributed by atoms with Crippen LogP contribution < -0.4 is 9.47 Å². The Labute approximate surface area is 123 Å². The Morgan fingerprint density at radius 1 is 1.05 bits per heavy atom. The van der Waals surface area contributed by atoms with E-state index < -0.39 is 5.82 Å². The van der Waals surface area contributed by atoms with Crippen molar-refractivity contribution in [1.82, 2.24) is 0 Å². The maximum atomic E-state index is 13.1. The van der Waals surface area contributed by atoms with Gasteiger partial charge in [-0.3, -0.25) is 4.79 Å². The van der Waals surface area contributed by atoms with Crippen LogP contribution >= 0.6 is 0 Å². The molecule has 4 heteroatoms. The van der Waals surface area contributed by atoms with Crippen LogP contribution in [0, 0.1) is 12.7 Å². The second kappa shape index (κ2) is 6.88. The minimum atomic E-state index is -0.455. The lowest BCUT2D eigenvalue weighted by molar-refractivity contribution is 0.101. The second-order valence-corrected chi connectivity index (χ2v) is 4.66. The molecule has 0 aliphatic heterocycles. The van der Waals surface area contributed by atoms with Crippen molar-refractivity contribution in [1.29, 1.82) is 0 Å². The zero-order valence-corrected chi connectivity index (χ0v) is 12.1. The number of carbonyl (C=O) groups excluding carboxylic acids is 1. The van der Waals surface area contributed by atoms with Crippen LogP contribution in [0.1, 0.15) is 22.8 Å². The van der Waals surface area contributed by atoms with Crippen LogP contribution in [0.2, 0.25) is 0 Å². The molecule has 110 valence electrons. The van der Waals surface area contributed by atoms with Gasteiger partial charge in [0.1, 0.15) is 30.5 Å². The van der Waals surface area contributed by atoms with Crippen molar-refractivity contribution in [2.75, 3.05) is 13.2 Å². The molecule has 0 spiro atoms. The van der Waals surface area contributed by atoms with Gasteiger partial charge in [-0.1, -0.05) is 18.2 Å². The highest BCUT2D eigenvalue weighted by atomic mass is 19.1. The third-order valence-electron chi connectivity index (χ3n) is 3.01. The number of Topliss-reactive ketones (excluding diaryl/α,β-unsaturated/α-hetero) is 1. The molecule has 0 saturated heterocycles. The number of halogens is 1. The minimum absolute atomic E-state index is 0.232. The largest absolute Gasteiger partial charge is 0.490 e. The number of benzene rings is 2. The Kier molecular flexibility index (Phi) is 4.93. The number of aryl methyl sites for hydroxylation is 1. The molecule has 0 N–H and O–H groups in total. The van der Waals surface area contributed by atoms with Crippen molar-refractivity contribution in [3.8, 4) is 11.5 Å². The van der Waals surface area contributed by atoms with Crippen LogP contribution in [-0.2, 0) is 0 Å². The number of hydrogen-bond donors (Lipinski definition) is 0. The first-order chi connectivity index (χ1) is 10.1. The summed E-state index contributed by atoms with van der Waals surface area (Å²) in [6, 6.07) is 11.6. The van der Waals surface area contributed by atoms with Gasteiger partial charge in [0.2, 0.25) is 0 Å². The van der Waals surface area contributed by atoms with Crippen LogP contribution in [0.25, 0.3) is 0 Å². The van der Waals surface area contributed by atoms with E-state index in [-0.39, 0.29) is 18.0 Å². The molecule has 0 aliphatic rings. The summed E-state index contributed by atoms with van der Waals surface area (Å²) in [7, 11) is 0. The summed E-state index contributed by atoms with van der Waals surface area (Å²) in [5.74, 6) is 0.484. The fourth-order valence-electron chi connectivity index (χ4n) is 1.92. The molecule has 0 aromatic heterocycles. The Morgan fingerprint density at radius 3 is 2.38 bits per heavy atom. The van der Waals surface area contributed by atoms with Crippen LogP contribution in [-0.4, -0.2) is 19.0 Å². The van der Waals surface area contributed by atoms with E-state index in [0.29, 0.717) is 12.4 Å². The Hall–Kier alpha value is -2.36. The average molecular weight is 288 g/mol. The summed E-state index contributed by atoms with van der Waals surface area (Å²) < 4.78 is 24.2. The Balaban J connectivity index is 1.92. The molecule has 0 unspecified atom stereocenters. The van der Waals surface area contributed by atoms with Gasteiger partial charge in [0.15, 0.2) is 5.78 Å². The van der Waals surface area contributed by atoms with E-state index in [4.69, 9.17) is 9.47 Å². The van der Waals surface area contributed by atoms with E-state index in [9.17, 15) is 9.18 Å². The zero-order chi connectivity index (χ0) is 15.2. The van der Waals surface area contributed by atoms with Crippen molar-refractivity contribution >= 4 is 5.78 Å². The van der Waals surface area contributed by atoms with Gasteiger partial charge in [-0.15, -0.1) is 0 Å². The fraction of sp³-hybridized carbons (Fsp3) is 0.235. The number of para-hydroxylation sites is 1. The minimum Gasteiger partial charge on any atom is -0.490 e. The molecule has 2 aromatic carbocycles. The highest BCUT2D eigenvalue weighted by molar-refractivity contribution is 5.96. The lowest BCUT2D eigenvalue weighted by atomic mass is 10.1. The molecule has 0 fully saturated rings. The number of carbonyl (C=O) groups is 1. The molecular formula is C17H17FO3. The van der Waals surface area contributed by atoms with Crippen LogP contribution in [0.4, 0.5) is 4.39 Å². The number of ketones is 1. The molecule has 0 bridgehead atoms. The third kappa shape index (κ3) is 4.05. The van der Waals surface area contributed by atoms with Gasteiger partial charge in [0.25, 0.3) is 0 Å². The average Bonchev–Trinajstić information content (AvgIpc) is 2.46. The summed E-state index contributed by atoms with van der Waals surface area (Å²) in [5.41, 5.74) is 1.29. The van der Waals surface area contributed by atoms with Gasteiger partial charge in [0, 0.05) is 0 Å². The summed E-state index contributed by atoms with van der Waals surface area (Å²) in [5, 5.41) is 0.